The van der Waals surface area contributed by atoms with Gasteiger partial charge in [-0.15, -0.1) is 0 Å². The third kappa shape index (κ3) is 3.66. The summed E-state index contributed by atoms with van der Waals surface area (Å²) in [4.78, 5) is 25.3. The molecule has 0 fully saturated rings. The Morgan fingerprint density at radius 1 is 1.17 bits per heavy atom. The highest BCUT2D eigenvalue weighted by Crippen LogP contribution is 2.39. The third-order valence-corrected chi connectivity index (χ3v) is 5.17. The first kappa shape index (κ1) is 19.7. The number of nitrogens with one attached hydrogen (secondary N) is 2. The molecule has 7 nitrogen and oxygen atoms in total. The summed E-state index contributed by atoms with van der Waals surface area (Å²) in [6.07, 6.45) is 0.00446. The number of fused-ring (bicyclic) bond motifs is 1. The van der Waals surface area contributed by atoms with E-state index >= 15 is 0 Å². The van der Waals surface area contributed by atoms with E-state index in [4.69, 9.17) is 4.74 Å². The lowest BCUT2D eigenvalue weighted by Crippen LogP contribution is -2.23. The molecule has 4 rings (SSSR count). The molecule has 30 heavy (non-hydrogen) atoms. The maximum Gasteiger partial charge on any atom is 0.251 e. The molecule has 0 aliphatic carbocycles. The minimum Gasteiger partial charge on any atom is -0.497 e. The van der Waals surface area contributed by atoms with E-state index < -0.39 is 6.04 Å². The zero-order valence-electron chi connectivity index (χ0n) is 17.4. The van der Waals surface area contributed by atoms with Gasteiger partial charge in [-0.2, -0.15) is 5.10 Å². The maximum absolute atomic E-state index is 12.6. The fourth-order valence-electron chi connectivity index (χ4n) is 3.94. The van der Waals surface area contributed by atoms with Crippen LogP contribution in [0.5, 0.6) is 5.75 Å². The van der Waals surface area contributed by atoms with E-state index in [0.29, 0.717) is 5.82 Å². The van der Waals surface area contributed by atoms with Gasteiger partial charge in [0.05, 0.1) is 19.2 Å². The van der Waals surface area contributed by atoms with Crippen molar-refractivity contribution in [3.63, 3.8) is 0 Å². The molecule has 2 heterocycles. The molecule has 154 valence electrons. The summed E-state index contributed by atoms with van der Waals surface area (Å²) in [6.45, 7) is 5.84. The summed E-state index contributed by atoms with van der Waals surface area (Å²) in [7, 11) is 1.61. The normalized spacial score (nSPS) is 14.9. The van der Waals surface area contributed by atoms with E-state index in [0.717, 1.165) is 39.4 Å². The van der Waals surface area contributed by atoms with Gasteiger partial charge < -0.3 is 15.4 Å². The van der Waals surface area contributed by atoms with Gasteiger partial charge in [-0.1, -0.05) is 18.2 Å². The van der Waals surface area contributed by atoms with Crippen molar-refractivity contribution < 1.29 is 14.3 Å². The number of aryl methyl sites for hydroxylation is 3. The maximum atomic E-state index is 12.6. The largest absolute Gasteiger partial charge is 0.497 e. The van der Waals surface area contributed by atoms with E-state index in [2.05, 4.69) is 15.7 Å². The Kier molecular flexibility index (Phi) is 5.03. The fourth-order valence-corrected chi connectivity index (χ4v) is 3.94. The van der Waals surface area contributed by atoms with E-state index in [9.17, 15) is 9.59 Å². The van der Waals surface area contributed by atoms with Gasteiger partial charge in [0.15, 0.2) is 0 Å². The van der Waals surface area contributed by atoms with Crippen molar-refractivity contribution in [3.8, 4) is 16.9 Å². The van der Waals surface area contributed by atoms with Crippen LogP contribution >= 0.6 is 0 Å². The molecule has 1 atom stereocenters. The van der Waals surface area contributed by atoms with Crippen LogP contribution < -0.4 is 15.4 Å². The predicted octanol–water partition coefficient (Wildman–Crippen LogP) is 4.01. The Balaban J connectivity index is 1.59. The summed E-state index contributed by atoms with van der Waals surface area (Å²) in [5, 5.41) is 10.4. The number of nitrogens with zero attached hydrogens (tertiary/aromatic N) is 2. The fraction of sp³-hybridized carbons (Fsp3) is 0.261. The van der Waals surface area contributed by atoms with Gasteiger partial charge in [0.1, 0.15) is 17.6 Å². The Morgan fingerprint density at radius 2 is 1.90 bits per heavy atom. The smallest absolute Gasteiger partial charge is 0.251 e. The van der Waals surface area contributed by atoms with E-state index in [-0.39, 0.29) is 18.2 Å². The second kappa shape index (κ2) is 7.67. The summed E-state index contributed by atoms with van der Waals surface area (Å²) in [5.74, 6) is 0.858. The van der Waals surface area contributed by atoms with Crippen molar-refractivity contribution in [2.45, 2.75) is 33.2 Å². The molecular weight excluding hydrogens is 380 g/mol. The average molecular weight is 404 g/mol. The Bertz CT molecular complexity index is 1130. The van der Waals surface area contributed by atoms with Gasteiger partial charge in [0.2, 0.25) is 5.91 Å². The molecule has 2 N–H and O–H groups in total. The Labute approximate surface area is 175 Å². The standard InChI is InChI=1S/C23H24N4O3/c1-13-8-14(2)10-17(9-13)24-20(28)12-19-23(29)25-22-21(15(3)26-27(19)22)16-6-5-7-18(11-16)30-4/h5-11,19H,12H2,1-4H3,(H,24,28)(H,25,29). The second-order valence-electron chi connectivity index (χ2n) is 7.62. The molecule has 1 aliphatic rings. The molecule has 3 aromatic rings. The highest BCUT2D eigenvalue weighted by Gasteiger charge is 2.36. The van der Waals surface area contributed by atoms with Crippen molar-refractivity contribution in [2.75, 3.05) is 17.7 Å². The van der Waals surface area contributed by atoms with Crippen LogP contribution in [-0.4, -0.2) is 28.7 Å². The molecular formula is C23H24N4O3. The van der Waals surface area contributed by atoms with Gasteiger partial charge in [0, 0.05) is 11.3 Å². The quantitative estimate of drug-likeness (QED) is 0.673. The first-order chi connectivity index (χ1) is 14.4. The van der Waals surface area contributed by atoms with Crippen LogP contribution in [0.2, 0.25) is 0 Å². The number of aromatic nitrogens is 2. The van der Waals surface area contributed by atoms with Crippen molar-refractivity contribution in [1.29, 1.82) is 0 Å². The molecule has 0 saturated carbocycles. The second-order valence-corrected chi connectivity index (χ2v) is 7.62. The molecule has 0 bridgehead atoms. The minimum absolute atomic E-state index is 0.00446. The number of hydrogen-bond acceptors (Lipinski definition) is 4. The highest BCUT2D eigenvalue weighted by atomic mass is 16.5. The van der Waals surface area contributed by atoms with Crippen molar-refractivity contribution in [1.82, 2.24) is 9.78 Å². The number of methoxy groups -OCH3 is 1. The number of anilines is 2. The number of hydrogen-bond donors (Lipinski definition) is 2. The topological polar surface area (TPSA) is 85.2 Å². The molecule has 2 amide bonds. The molecule has 1 aliphatic heterocycles. The van der Waals surface area contributed by atoms with Gasteiger partial charge in [-0.3, -0.25) is 9.59 Å². The average Bonchev–Trinajstić information content (AvgIpc) is 3.15. The Hall–Kier alpha value is -3.61. The first-order valence-corrected chi connectivity index (χ1v) is 9.78. The predicted molar refractivity (Wildman–Crippen MR) is 116 cm³/mol. The van der Waals surface area contributed by atoms with Crippen LogP contribution in [-0.2, 0) is 9.59 Å². The van der Waals surface area contributed by atoms with Crippen molar-refractivity contribution >= 4 is 23.3 Å². The molecule has 1 unspecified atom stereocenters. The number of carbonyl (C=O) groups is 2. The van der Waals surface area contributed by atoms with Crippen LogP contribution in [0.15, 0.2) is 42.5 Å². The summed E-state index contributed by atoms with van der Waals surface area (Å²) in [5.41, 5.74) is 5.37. The van der Waals surface area contributed by atoms with Crippen LogP contribution in [0.4, 0.5) is 11.5 Å². The summed E-state index contributed by atoms with van der Waals surface area (Å²) < 4.78 is 6.93. The SMILES string of the molecule is COc1cccc(-c2c(C)nn3c2NC(=O)C3CC(=O)Nc2cc(C)cc(C)c2)c1. The lowest BCUT2D eigenvalue weighted by atomic mass is 10.1. The van der Waals surface area contributed by atoms with Gasteiger partial charge in [-0.25, -0.2) is 4.68 Å². The molecule has 0 spiro atoms. The number of rotatable bonds is 5. The van der Waals surface area contributed by atoms with E-state index in [1.54, 1.807) is 11.8 Å². The molecule has 2 aromatic carbocycles. The number of carbonyl (C=O) groups excluding carboxylic acids is 2. The zero-order valence-corrected chi connectivity index (χ0v) is 17.4. The first-order valence-electron chi connectivity index (χ1n) is 9.78. The van der Waals surface area contributed by atoms with Crippen LogP contribution in [0, 0.1) is 20.8 Å². The van der Waals surface area contributed by atoms with E-state index in [1.807, 2.05) is 63.2 Å². The van der Waals surface area contributed by atoms with Crippen LogP contribution in [0.25, 0.3) is 11.1 Å². The number of amides is 2. The van der Waals surface area contributed by atoms with Crippen molar-refractivity contribution in [3.05, 3.63) is 59.3 Å². The molecule has 7 heteroatoms. The zero-order chi connectivity index (χ0) is 21.4. The summed E-state index contributed by atoms with van der Waals surface area (Å²) in [6, 6.07) is 12.8. The lowest BCUT2D eigenvalue weighted by Gasteiger charge is -2.11. The van der Waals surface area contributed by atoms with Gasteiger partial charge in [0.25, 0.3) is 5.91 Å². The van der Waals surface area contributed by atoms with Gasteiger partial charge in [-0.05, 0) is 61.7 Å². The van der Waals surface area contributed by atoms with Crippen molar-refractivity contribution in [2.24, 2.45) is 0 Å². The third-order valence-electron chi connectivity index (χ3n) is 5.17. The molecule has 0 radical (unpaired) electrons. The van der Waals surface area contributed by atoms with Crippen LogP contribution in [0.3, 0.4) is 0 Å². The number of benzene rings is 2. The Morgan fingerprint density at radius 3 is 2.60 bits per heavy atom. The molecule has 1 aromatic heterocycles. The minimum atomic E-state index is -0.691. The van der Waals surface area contributed by atoms with Crippen LogP contribution in [0.1, 0.15) is 29.3 Å². The van der Waals surface area contributed by atoms with Gasteiger partial charge >= 0.3 is 0 Å². The van der Waals surface area contributed by atoms with E-state index in [1.165, 1.54) is 0 Å². The lowest BCUT2D eigenvalue weighted by molar-refractivity contribution is -0.123. The monoisotopic (exact) mass is 404 g/mol. The highest BCUT2D eigenvalue weighted by molar-refractivity contribution is 6.04. The summed E-state index contributed by atoms with van der Waals surface area (Å²) >= 11 is 0. The molecule has 0 saturated heterocycles. The number of ether oxygens (including phenoxy) is 1.